The Morgan fingerprint density at radius 2 is 1.67 bits per heavy atom. The van der Waals surface area contributed by atoms with Gasteiger partial charge in [-0.25, -0.2) is 4.39 Å². The van der Waals surface area contributed by atoms with Gasteiger partial charge in [0.2, 0.25) is 0 Å². The second-order valence-electron chi connectivity index (χ2n) is 3.54. The third kappa shape index (κ3) is 1.37. The Morgan fingerprint density at radius 3 is 2.60 bits per heavy atom. The summed E-state index contributed by atoms with van der Waals surface area (Å²) in [5.74, 6) is -0.318. The molecule has 2 radical (unpaired) electrons. The van der Waals surface area contributed by atoms with E-state index in [4.69, 9.17) is 0 Å². The Morgan fingerprint density at radius 1 is 0.867 bits per heavy atom. The molecule has 0 fully saturated rings. The summed E-state index contributed by atoms with van der Waals surface area (Å²) in [5.41, 5.74) is 0. The monoisotopic (exact) mass is 194 g/mol. The van der Waals surface area contributed by atoms with Gasteiger partial charge in [-0.3, -0.25) is 0 Å². The number of hydrogen-bond donors (Lipinski definition) is 0. The van der Waals surface area contributed by atoms with Crippen molar-refractivity contribution in [1.82, 2.24) is 0 Å². The molecule has 3 rings (SSSR count). The van der Waals surface area contributed by atoms with Gasteiger partial charge in [-0.2, -0.15) is 0 Å². The van der Waals surface area contributed by atoms with E-state index in [-0.39, 0.29) is 5.82 Å². The fraction of sp³-hybridized carbons (Fsp3) is 0. The first kappa shape index (κ1) is 8.42. The summed E-state index contributed by atoms with van der Waals surface area (Å²) in [4.78, 5) is 0. The van der Waals surface area contributed by atoms with E-state index in [0.717, 1.165) is 21.5 Å². The Hall–Kier alpha value is -1.89. The van der Waals surface area contributed by atoms with Gasteiger partial charge in [-0.05, 0) is 57.9 Å². The highest BCUT2D eigenvalue weighted by atomic mass is 19.1. The van der Waals surface area contributed by atoms with Crippen molar-refractivity contribution in [2.24, 2.45) is 0 Å². The van der Waals surface area contributed by atoms with E-state index in [1.54, 1.807) is 6.07 Å². The summed E-state index contributed by atoms with van der Waals surface area (Å²) in [6.07, 6.45) is 0. The zero-order valence-electron chi connectivity index (χ0n) is 7.92. The van der Waals surface area contributed by atoms with Crippen molar-refractivity contribution in [3.63, 3.8) is 0 Å². The van der Waals surface area contributed by atoms with Crippen LogP contribution in [-0.4, -0.2) is 0 Å². The predicted molar refractivity (Wildman–Crippen MR) is 59.1 cm³/mol. The van der Waals surface area contributed by atoms with Gasteiger partial charge >= 0.3 is 0 Å². The van der Waals surface area contributed by atoms with Crippen molar-refractivity contribution in [3.8, 4) is 0 Å². The molecule has 0 aliphatic heterocycles. The average Bonchev–Trinajstić information content (AvgIpc) is 2.26. The lowest BCUT2D eigenvalue weighted by atomic mass is 10.0. The average molecular weight is 194 g/mol. The van der Waals surface area contributed by atoms with Crippen molar-refractivity contribution < 1.29 is 4.39 Å². The third-order valence-electron chi connectivity index (χ3n) is 2.53. The molecule has 70 valence electrons. The molecule has 0 amide bonds. The highest BCUT2D eigenvalue weighted by Crippen LogP contribution is 2.22. The molecule has 0 N–H and O–H groups in total. The van der Waals surface area contributed by atoms with E-state index in [1.807, 2.05) is 30.3 Å². The first-order valence-electron chi connectivity index (χ1n) is 4.74. The fourth-order valence-corrected chi connectivity index (χ4v) is 1.79. The summed E-state index contributed by atoms with van der Waals surface area (Å²) in [5, 5.41) is 4.13. The summed E-state index contributed by atoms with van der Waals surface area (Å²) in [7, 11) is 0. The molecule has 0 atom stereocenters. The Balaban J connectivity index is 2.47. The Bertz CT molecular complexity index is 641. The van der Waals surface area contributed by atoms with Crippen molar-refractivity contribution in [2.75, 3.05) is 0 Å². The molecule has 0 spiro atoms. The van der Waals surface area contributed by atoms with Gasteiger partial charge in [0.05, 0.1) is 0 Å². The van der Waals surface area contributed by atoms with E-state index in [2.05, 4.69) is 12.1 Å². The van der Waals surface area contributed by atoms with Crippen molar-refractivity contribution in [2.45, 2.75) is 0 Å². The molecule has 0 aliphatic carbocycles. The van der Waals surface area contributed by atoms with Crippen molar-refractivity contribution in [3.05, 3.63) is 60.4 Å². The van der Waals surface area contributed by atoms with Crippen molar-refractivity contribution >= 4 is 21.5 Å². The lowest BCUT2D eigenvalue weighted by Crippen LogP contribution is -1.78. The number of hydrogen-bond acceptors (Lipinski definition) is 0. The maximum Gasteiger partial charge on any atom is 0.131 e. The smallest absolute Gasteiger partial charge is 0.131 e. The number of rotatable bonds is 0. The van der Waals surface area contributed by atoms with Gasteiger partial charge in [0.25, 0.3) is 0 Å². The van der Waals surface area contributed by atoms with Crippen LogP contribution in [-0.2, 0) is 0 Å². The number of benzene rings is 3. The van der Waals surface area contributed by atoms with Crippen LogP contribution in [0, 0.1) is 17.9 Å². The van der Waals surface area contributed by atoms with Crippen molar-refractivity contribution in [1.29, 1.82) is 0 Å². The normalized spacial score (nSPS) is 11.0. The van der Waals surface area contributed by atoms with E-state index in [9.17, 15) is 4.39 Å². The molecule has 0 unspecified atom stereocenters. The molecular weight excluding hydrogens is 187 g/mol. The minimum absolute atomic E-state index is 0.318. The SMILES string of the molecule is Fc1[c]cc2cc3cc[c]cc3cc2c1. The summed E-state index contributed by atoms with van der Waals surface area (Å²) in [6, 6.07) is 18.5. The van der Waals surface area contributed by atoms with E-state index in [1.165, 1.54) is 6.07 Å². The van der Waals surface area contributed by atoms with Gasteiger partial charge in [-0.15, -0.1) is 0 Å². The molecule has 0 saturated heterocycles. The maximum absolute atomic E-state index is 13.0. The molecule has 0 aromatic heterocycles. The molecule has 0 heterocycles. The second kappa shape index (κ2) is 3.06. The van der Waals surface area contributed by atoms with Gasteiger partial charge in [0.1, 0.15) is 5.82 Å². The highest BCUT2D eigenvalue weighted by Gasteiger charge is 1.98. The van der Waals surface area contributed by atoms with E-state index < -0.39 is 0 Å². The van der Waals surface area contributed by atoms with Crippen LogP contribution in [0.4, 0.5) is 4.39 Å². The van der Waals surface area contributed by atoms with Gasteiger partial charge < -0.3 is 0 Å². The lowest BCUT2D eigenvalue weighted by Gasteiger charge is -2.01. The lowest BCUT2D eigenvalue weighted by molar-refractivity contribution is 0.627. The number of halogens is 1. The molecule has 3 aromatic carbocycles. The predicted octanol–water partition coefficient (Wildman–Crippen LogP) is 3.73. The van der Waals surface area contributed by atoms with Crippen LogP contribution in [0.25, 0.3) is 21.5 Å². The summed E-state index contributed by atoms with van der Waals surface area (Å²) in [6.45, 7) is 0. The van der Waals surface area contributed by atoms with Crippen LogP contribution < -0.4 is 0 Å². The molecule has 0 aliphatic rings. The quantitative estimate of drug-likeness (QED) is 0.478. The fourth-order valence-electron chi connectivity index (χ4n) is 1.79. The van der Waals surface area contributed by atoms with E-state index >= 15 is 0 Å². The molecule has 0 bridgehead atoms. The van der Waals surface area contributed by atoms with Crippen LogP contribution >= 0.6 is 0 Å². The standard InChI is InChI=1S/C14H7F/c15-14-6-5-12-7-10-3-1-2-4-11(10)8-13(12)9-14/h1,3-5,7-9H. The van der Waals surface area contributed by atoms with Gasteiger partial charge in [0.15, 0.2) is 0 Å². The van der Waals surface area contributed by atoms with Crippen LogP contribution in [0.15, 0.2) is 42.5 Å². The van der Waals surface area contributed by atoms with Crippen LogP contribution in [0.1, 0.15) is 0 Å². The summed E-state index contributed by atoms with van der Waals surface area (Å²) >= 11 is 0. The highest BCUT2D eigenvalue weighted by molar-refractivity contribution is 5.97. The third-order valence-corrected chi connectivity index (χ3v) is 2.53. The first-order valence-corrected chi connectivity index (χ1v) is 4.74. The second-order valence-corrected chi connectivity index (χ2v) is 3.54. The van der Waals surface area contributed by atoms with Crippen LogP contribution in [0.2, 0.25) is 0 Å². The molecule has 0 saturated carbocycles. The molecule has 0 nitrogen and oxygen atoms in total. The molecule has 15 heavy (non-hydrogen) atoms. The van der Waals surface area contributed by atoms with Gasteiger partial charge in [-0.1, -0.05) is 12.1 Å². The first-order chi connectivity index (χ1) is 7.33. The van der Waals surface area contributed by atoms with Gasteiger partial charge in [0, 0.05) is 6.07 Å². The number of fused-ring (bicyclic) bond motifs is 2. The minimum Gasteiger partial charge on any atom is -0.206 e. The molecular formula is C14H7F. The Labute approximate surface area is 87.0 Å². The zero-order valence-corrected chi connectivity index (χ0v) is 7.92. The topological polar surface area (TPSA) is 0 Å². The minimum atomic E-state index is -0.318. The zero-order chi connectivity index (χ0) is 10.3. The van der Waals surface area contributed by atoms with Crippen LogP contribution in [0.3, 0.4) is 0 Å². The maximum atomic E-state index is 13.0. The molecule has 3 aromatic rings. The summed E-state index contributed by atoms with van der Waals surface area (Å²) < 4.78 is 13.0. The van der Waals surface area contributed by atoms with Crippen LogP contribution in [0.5, 0.6) is 0 Å². The Kier molecular flexibility index (Phi) is 1.72. The largest absolute Gasteiger partial charge is 0.206 e. The van der Waals surface area contributed by atoms with E-state index in [0.29, 0.717) is 0 Å². The molecule has 1 heteroatoms.